The lowest BCUT2D eigenvalue weighted by molar-refractivity contribution is -0.142. The normalized spacial score (nSPS) is 25.4. The van der Waals surface area contributed by atoms with Crippen LogP contribution in [0.25, 0.3) is 0 Å². The maximum Gasteiger partial charge on any atom is 0.267 e. The molecule has 0 aliphatic carbocycles. The van der Waals surface area contributed by atoms with E-state index in [0.29, 0.717) is 18.0 Å². The number of carbonyl (C=O) groups excluding carboxylic acids is 1. The maximum atomic E-state index is 12.4. The number of benzene rings is 1. The highest BCUT2D eigenvalue weighted by molar-refractivity contribution is 5.82. The molecule has 3 rings (SSSR count). The zero-order valence-corrected chi connectivity index (χ0v) is 10.6. The molecule has 2 heterocycles. The predicted molar refractivity (Wildman–Crippen MR) is 68.2 cm³/mol. The Morgan fingerprint density at radius 3 is 2.95 bits per heavy atom. The number of hydrogen-bond acceptors (Lipinski definition) is 4. The molecule has 2 aliphatic rings. The summed E-state index contributed by atoms with van der Waals surface area (Å²) in [5.74, 6) is 1.18. The highest BCUT2D eigenvalue weighted by atomic mass is 16.6. The third kappa shape index (κ3) is 2.26. The second-order valence-corrected chi connectivity index (χ2v) is 4.87. The highest BCUT2D eigenvalue weighted by Gasteiger charge is 2.36. The molecule has 0 spiro atoms. The van der Waals surface area contributed by atoms with Crippen LogP contribution in [-0.4, -0.2) is 47.8 Å². The fourth-order valence-electron chi connectivity index (χ4n) is 2.64. The van der Waals surface area contributed by atoms with E-state index in [2.05, 4.69) is 0 Å². The van der Waals surface area contributed by atoms with Gasteiger partial charge in [0.1, 0.15) is 6.61 Å². The minimum absolute atomic E-state index is 0.00983. The number of nitrogens with zero attached hydrogens (tertiary/aromatic N) is 1. The molecular weight excluding hydrogens is 246 g/mol. The van der Waals surface area contributed by atoms with Gasteiger partial charge in [0.15, 0.2) is 11.5 Å². The van der Waals surface area contributed by atoms with Gasteiger partial charge in [0.2, 0.25) is 6.10 Å². The number of para-hydroxylation sites is 2. The molecule has 0 saturated carbocycles. The van der Waals surface area contributed by atoms with Gasteiger partial charge in [-0.1, -0.05) is 12.1 Å². The maximum absolute atomic E-state index is 12.4. The Labute approximate surface area is 111 Å². The largest absolute Gasteiger partial charge is 0.485 e. The van der Waals surface area contributed by atoms with Crippen molar-refractivity contribution in [3.05, 3.63) is 24.3 Å². The summed E-state index contributed by atoms with van der Waals surface area (Å²) in [7, 11) is 0. The van der Waals surface area contributed by atoms with Crippen LogP contribution in [0.4, 0.5) is 0 Å². The molecule has 1 aromatic rings. The van der Waals surface area contributed by atoms with Gasteiger partial charge in [-0.25, -0.2) is 0 Å². The van der Waals surface area contributed by atoms with Gasteiger partial charge in [-0.05, 0) is 25.0 Å². The Bertz CT molecular complexity index is 476. The second kappa shape index (κ2) is 5.09. The fourth-order valence-corrected chi connectivity index (χ4v) is 2.64. The first-order valence-corrected chi connectivity index (χ1v) is 6.59. The summed E-state index contributed by atoms with van der Waals surface area (Å²) in [5.41, 5.74) is 0. The molecule has 1 aromatic carbocycles. The van der Waals surface area contributed by atoms with Gasteiger partial charge in [-0.3, -0.25) is 4.79 Å². The summed E-state index contributed by atoms with van der Waals surface area (Å²) < 4.78 is 11.3. The average Bonchev–Trinajstić information content (AvgIpc) is 2.94. The third-order valence-electron chi connectivity index (χ3n) is 3.65. The van der Waals surface area contributed by atoms with Crippen molar-refractivity contribution in [2.75, 3.05) is 19.8 Å². The van der Waals surface area contributed by atoms with Crippen LogP contribution in [0.3, 0.4) is 0 Å². The molecule has 0 aromatic heterocycles. The standard InChI is InChI=1S/C14H17NO4/c16-8-10-4-3-7-15(10)14(17)13-9-18-11-5-1-2-6-12(11)19-13/h1-2,5-6,10,13,16H,3-4,7-9H2/t10-,13?/m0/s1. The van der Waals surface area contributed by atoms with E-state index in [1.165, 1.54) is 0 Å². The summed E-state index contributed by atoms with van der Waals surface area (Å²) in [6.45, 7) is 0.923. The van der Waals surface area contributed by atoms with Crippen molar-refractivity contribution in [3.63, 3.8) is 0 Å². The highest BCUT2D eigenvalue weighted by Crippen LogP contribution is 2.32. The Morgan fingerprint density at radius 2 is 2.16 bits per heavy atom. The number of rotatable bonds is 2. The topological polar surface area (TPSA) is 59.0 Å². The zero-order chi connectivity index (χ0) is 13.2. The zero-order valence-electron chi connectivity index (χ0n) is 10.6. The molecule has 2 aliphatic heterocycles. The molecule has 5 heteroatoms. The lowest BCUT2D eigenvalue weighted by Gasteiger charge is -2.31. The van der Waals surface area contributed by atoms with Crippen molar-refractivity contribution in [1.82, 2.24) is 4.90 Å². The predicted octanol–water partition coefficient (Wildman–Crippen LogP) is 0.810. The second-order valence-electron chi connectivity index (χ2n) is 4.87. The number of fused-ring (bicyclic) bond motifs is 1. The molecule has 0 radical (unpaired) electrons. The minimum atomic E-state index is -0.609. The van der Waals surface area contributed by atoms with Crippen LogP contribution < -0.4 is 9.47 Å². The van der Waals surface area contributed by atoms with Crippen molar-refractivity contribution in [2.45, 2.75) is 25.0 Å². The number of likely N-dealkylation sites (tertiary alicyclic amines) is 1. The summed E-state index contributed by atoms with van der Waals surface area (Å²) >= 11 is 0. The van der Waals surface area contributed by atoms with Crippen LogP contribution >= 0.6 is 0 Å². The van der Waals surface area contributed by atoms with Crippen LogP contribution in [0.15, 0.2) is 24.3 Å². The van der Waals surface area contributed by atoms with E-state index in [9.17, 15) is 9.90 Å². The summed E-state index contributed by atoms with van der Waals surface area (Å²) in [4.78, 5) is 14.1. The molecule has 1 fully saturated rings. The molecule has 1 amide bonds. The quantitative estimate of drug-likeness (QED) is 0.858. The fraction of sp³-hybridized carbons (Fsp3) is 0.500. The number of aliphatic hydroxyl groups is 1. The number of amides is 1. The molecule has 1 N–H and O–H groups in total. The van der Waals surface area contributed by atoms with Crippen molar-refractivity contribution in [2.24, 2.45) is 0 Å². The van der Waals surface area contributed by atoms with Gasteiger partial charge in [-0.2, -0.15) is 0 Å². The number of carbonyl (C=O) groups is 1. The van der Waals surface area contributed by atoms with E-state index in [1.807, 2.05) is 18.2 Å². The van der Waals surface area contributed by atoms with Crippen LogP contribution in [0, 0.1) is 0 Å². The summed E-state index contributed by atoms with van der Waals surface area (Å²) in [6.07, 6.45) is 1.18. The number of ether oxygens (including phenoxy) is 2. The molecular formula is C14H17NO4. The first-order chi connectivity index (χ1) is 9.29. The third-order valence-corrected chi connectivity index (χ3v) is 3.65. The van der Waals surface area contributed by atoms with Gasteiger partial charge in [-0.15, -0.1) is 0 Å². The lowest BCUT2D eigenvalue weighted by atomic mass is 10.2. The van der Waals surface area contributed by atoms with Gasteiger partial charge in [0, 0.05) is 6.54 Å². The van der Waals surface area contributed by atoms with Gasteiger partial charge in [0.25, 0.3) is 5.91 Å². The van der Waals surface area contributed by atoms with E-state index < -0.39 is 6.10 Å². The minimum Gasteiger partial charge on any atom is -0.485 e. The Balaban J connectivity index is 1.72. The monoisotopic (exact) mass is 263 g/mol. The van der Waals surface area contributed by atoms with Gasteiger partial charge in [0.05, 0.1) is 12.6 Å². The van der Waals surface area contributed by atoms with Crippen molar-refractivity contribution >= 4 is 5.91 Å². The Kier molecular flexibility index (Phi) is 3.29. The molecule has 0 bridgehead atoms. The Hall–Kier alpha value is -1.75. The van der Waals surface area contributed by atoms with Crippen LogP contribution in [-0.2, 0) is 4.79 Å². The van der Waals surface area contributed by atoms with E-state index in [4.69, 9.17) is 9.47 Å². The van der Waals surface area contributed by atoms with E-state index >= 15 is 0 Å². The molecule has 5 nitrogen and oxygen atoms in total. The number of aliphatic hydroxyl groups excluding tert-OH is 1. The summed E-state index contributed by atoms with van der Waals surface area (Å²) in [5, 5.41) is 9.28. The van der Waals surface area contributed by atoms with E-state index in [1.54, 1.807) is 11.0 Å². The van der Waals surface area contributed by atoms with Crippen molar-refractivity contribution in [1.29, 1.82) is 0 Å². The first kappa shape index (κ1) is 12.3. The lowest BCUT2D eigenvalue weighted by Crippen LogP contribution is -2.49. The van der Waals surface area contributed by atoms with Crippen molar-refractivity contribution < 1.29 is 19.4 Å². The van der Waals surface area contributed by atoms with Crippen LogP contribution in [0.1, 0.15) is 12.8 Å². The van der Waals surface area contributed by atoms with E-state index in [0.717, 1.165) is 12.8 Å². The Morgan fingerprint density at radius 1 is 1.37 bits per heavy atom. The summed E-state index contributed by atoms with van der Waals surface area (Å²) in [6, 6.07) is 7.26. The molecule has 102 valence electrons. The molecule has 19 heavy (non-hydrogen) atoms. The molecule has 2 atom stereocenters. The SMILES string of the molecule is O=C(C1COc2ccccc2O1)N1CCC[C@H]1CO. The van der Waals surface area contributed by atoms with E-state index in [-0.39, 0.29) is 25.2 Å². The van der Waals surface area contributed by atoms with Crippen LogP contribution in [0.5, 0.6) is 11.5 Å². The van der Waals surface area contributed by atoms with Gasteiger partial charge < -0.3 is 19.5 Å². The van der Waals surface area contributed by atoms with Gasteiger partial charge >= 0.3 is 0 Å². The molecule has 1 saturated heterocycles. The smallest absolute Gasteiger partial charge is 0.267 e. The molecule has 1 unspecified atom stereocenters. The van der Waals surface area contributed by atoms with Crippen molar-refractivity contribution in [3.8, 4) is 11.5 Å². The van der Waals surface area contributed by atoms with Crippen LogP contribution in [0.2, 0.25) is 0 Å². The number of hydrogen-bond donors (Lipinski definition) is 1. The average molecular weight is 263 g/mol. The first-order valence-electron chi connectivity index (χ1n) is 6.59.